The fourth-order valence-electron chi connectivity index (χ4n) is 2.24. The van der Waals surface area contributed by atoms with Crippen molar-refractivity contribution in [3.63, 3.8) is 0 Å². The molecule has 0 heterocycles. The lowest BCUT2D eigenvalue weighted by atomic mass is 10.1. The molecule has 0 saturated heterocycles. The van der Waals surface area contributed by atoms with Crippen LogP contribution in [0.25, 0.3) is 0 Å². The lowest BCUT2D eigenvalue weighted by Crippen LogP contribution is -2.25. The van der Waals surface area contributed by atoms with Crippen LogP contribution in [-0.4, -0.2) is 31.9 Å². The number of halogens is 1. The van der Waals surface area contributed by atoms with Gasteiger partial charge in [-0.2, -0.15) is 0 Å². The molecule has 0 spiro atoms. The van der Waals surface area contributed by atoms with Gasteiger partial charge in [0.15, 0.2) is 11.5 Å². The van der Waals surface area contributed by atoms with Crippen molar-refractivity contribution in [3.05, 3.63) is 53.6 Å². The number of methoxy groups -OCH3 is 2. The van der Waals surface area contributed by atoms with Crippen molar-refractivity contribution in [2.24, 2.45) is 0 Å². The number of hydrogen-bond acceptors (Lipinski definition) is 4. The summed E-state index contributed by atoms with van der Waals surface area (Å²) in [6.07, 6.45) is 0. The second kappa shape index (κ2) is 8.94. The standard InChI is InChI=1S/C18H19ClN2O4/c1-24-15-8-7-12(9-16(15)25-2)11-20-18(23)13-5-3-4-6-14(13)21-17(22)10-19/h3-9H,10-11H2,1-2H3,(H,20,23)(H,21,22). The minimum absolute atomic E-state index is 0.179. The largest absolute Gasteiger partial charge is 0.493 e. The van der Waals surface area contributed by atoms with Crippen LogP contribution in [0.4, 0.5) is 5.69 Å². The monoisotopic (exact) mass is 362 g/mol. The number of nitrogens with one attached hydrogen (secondary N) is 2. The Morgan fingerprint density at radius 2 is 1.76 bits per heavy atom. The van der Waals surface area contributed by atoms with Crippen molar-refractivity contribution in [2.45, 2.75) is 6.54 Å². The van der Waals surface area contributed by atoms with E-state index in [1.165, 1.54) is 0 Å². The molecule has 2 rings (SSSR count). The third kappa shape index (κ3) is 4.87. The van der Waals surface area contributed by atoms with Crippen molar-refractivity contribution >= 4 is 29.1 Å². The summed E-state index contributed by atoms with van der Waals surface area (Å²) in [6, 6.07) is 12.1. The Hall–Kier alpha value is -2.73. The number of carbonyl (C=O) groups is 2. The van der Waals surface area contributed by atoms with Gasteiger partial charge in [0.25, 0.3) is 5.91 Å². The van der Waals surface area contributed by atoms with Gasteiger partial charge in [0.05, 0.1) is 25.5 Å². The second-order valence-corrected chi connectivity index (χ2v) is 5.37. The topological polar surface area (TPSA) is 76.7 Å². The summed E-state index contributed by atoms with van der Waals surface area (Å²) in [4.78, 5) is 23.9. The van der Waals surface area contributed by atoms with Crippen molar-refractivity contribution in [1.82, 2.24) is 5.32 Å². The van der Waals surface area contributed by atoms with Gasteiger partial charge in [-0.3, -0.25) is 9.59 Å². The van der Waals surface area contributed by atoms with Gasteiger partial charge in [0, 0.05) is 6.54 Å². The number of carbonyl (C=O) groups excluding carboxylic acids is 2. The molecule has 0 aromatic heterocycles. The number of ether oxygens (including phenoxy) is 2. The molecule has 132 valence electrons. The lowest BCUT2D eigenvalue weighted by molar-refractivity contribution is -0.113. The third-order valence-corrected chi connectivity index (χ3v) is 3.71. The fraction of sp³-hybridized carbons (Fsp3) is 0.222. The molecule has 0 aliphatic heterocycles. The second-order valence-electron chi connectivity index (χ2n) is 5.10. The number of amides is 2. The molecular weight excluding hydrogens is 344 g/mol. The summed E-state index contributed by atoms with van der Waals surface area (Å²) in [5.41, 5.74) is 1.63. The molecule has 0 fully saturated rings. The van der Waals surface area contributed by atoms with Crippen LogP contribution < -0.4 is 20.1 Å². The van der Waals surface area contributed by atoms with Crippen molar-refractivity contribution in [1.29, 1.82) is 0 Å². The number of benzene rings is 2. The minimum Gasteiger partial charge on any atom is -0.493 e. The molecule has 0 atom stereocenters. The van der Waals surface area contributed by atoms with E-state index in [1.807, 2.05) is 6.07 Å². The molecule has 2 amide bonds. The van der Waals surface area contributed by atoms with Crippen LogP contribution in [0.1, 0.15) is 15.9 Å². The van der Waals surface area contributed by atoms with E-state index >= 15 is 0 Å². The third-order valence-electron chi connectivity index (χ3n) is 3.47. The first kappa shape index (κ1) is 18.6. The molecule has 25 heavy (non-hydrogen) atoms. The Morgan fingerprint density at radius 1 is 1.04 bits per heavy atom. The minimum atomic E-state index is -0.373. The van der Waals surface area contributed by atoms with Crippen LogP contribution >= 0.6 is 11.6 Å². The van der Waals surface area contributed by atoms with E-state index in [0.717, 1.165) is 5.56 Å². The van der Waals surface area contributed by atoms with Crippen LogP contribution in [-0.2, 0) is 11.3 Å². The van der Waals surface area contributed by atoms with Gasteiger partial charge in [-0.05, 0) is 29.8 Å². The van der Waals surface area contributed by atoms with Gasteiger partial charge < -0.3 is 20.1 Å². The predicted molar refractivity (Wildman–Crippen MR) is 96.5 cm³/mol. The van der Waals surface area contributed by atoms with E-state index in [4.69, 9.17) is 21.1 Å². The number of para-hydroxylation sites is 1. The summed E-state index contributed by atoms with van der Waals surface area (Å²) in [5.74, 6) is 0.347. The normalized spacial score (nSPS) is 10.0. The first-order valence-corrected chi connectivity index (χ1v) is 8.06. The Bertz CT molecular complexity index is 764. The maximum absolute atomic E-state index is 12.4. The summed E-state index contributed by atoms with van der Waals surface area (Å²) >= 11 is 5.49. The average molecular weight is 363 g/mol. The average Bonchev–Trinajstić information content (AvgIpc) is 2.66. The zero-order valence-corrected chi connectivity index (χ0v) is 14.7. The summed E-state index contributed by atoms with van der Waals surface area (Å²) in [6.45, 7) is 0.303. The predicted octanol–water partition coefficient (Wildman–Crippen LogP) is 2.81. The molecule has 0 bridgehead atoms. The molecule has 2 N–H and O–H groups in total. The zero-order valence-electron chi connectivity index (χ0n) is 14.0. The van der Waals surface area contributed by atoms with Crippen molar-refractivity contribution in [3.8, 4) is 11.5 Å². The van der Waals surface area contributed by atoms with Crippen LogP contribution in [0, 0.1) is 0 Å². The highest BCUT2D eigenvalue weighted by molar-refractivity contribution is 6.29. The van der Waals surface area contributed by atoms with E-state index < -0.39 is 0 Å². The molecule has 2 aromatic carbocycles. The van der Waals surface area contributed by atoms with E-state index in [9.17, 15) is 9.59 Å². The van der Waals surface area contributed by atoms with E-state index in [2.05, 4.69) is 10.6 Å². The first-order valence-electron chi connectivity index (χ1n) is 7.53. The van der Waals surface area contributed by atoms with Gasteiger partial charge in [-0.1, -0.05) is 18.2 Å². The Kier molecular flexibility index (Phi) is 6.65. The number of anilines is 1. The maximum Gasteiger partial charge on any atom is 0.253 e. The quantitative estimate of drug-likeness (QED) is 0.742. The summed E-state index contributed by atoms with van der Waals surface area (Å²) in [7, 11) is 3.11. The van der Waals surface area contributed by atoms with E-state index in [0.29, 0.717) is 29.3 Å². The molecule has 7 heteroatoms. The van der Waals surface area contributed by atoms with Gasteiger partial charge in [0.1, 0.15) is 5.88 Å². The molecule has 0 saturated carbocycles. The van der Waals surface area contributed by atoms with Gasteiger partial charge in [0.2, 0.25) is 5.91 Å². The molecule has 0 radical (unpaired) electrons. The molecule has 0 aliphatic carbocycles. The fourth-order valence-corrected chi connectivity index (χ4v) is 2.31. The van der Waals surface area contributed by atoms with Gasteiger partial charge in [-0.25, -0.2) is 0 Å². The highest BCUT2D eigenvalue weighted by Crippen LogP contribution is 2.27. The summed E-state index contributed by atoms with van der Waals surface area (Å²) < 4.78 is 10.4. The maximum atomic E-state index is 12.4. The van der Waals surface area contributed by atoms with Crippen LogP contribution in [0.15, 0.2) is 42.5 Å². The SMILES string of the molecule is COc1ccc(CNC(=O)c2ccccc2NC(=O)CCl)cc1OC. The van der Waals surface area contributed by atoms with Crippen molar-refractivity contribution < 1.29 is 19.1 Å². The lowest BCUT2D eigenvalue weighted by Gasteiger charge is -2.12. The Morgan fingerprint density at radius 3 is 2.44 bits per heavy atom. The number of hydrogen-bond donors (Lipinski definition) is 2. The molecule has 2 aromatic rings. The van der Waals surface area contributed by atoms with Crippen LogP contribution in [0.2, 0.25) is 0 Å². The molecular formula is C18H19ClN2O4. The highest BCUT2D eigenvalue weighted by atomic mass is 35.5. The van der Waals surface area contributed by atoms with Crippen molar-refractivity contribution in [2.75, 3.05) is 25.4 Å². The van der Waals surface area contributed by atoms with Gasteiger partial charge >= 0.3 is 0 Å². The highest BCUT2D eigenvalue weighted by Gasteiger charge is 2.13. The zero-order chi connectivity index (χ0) is 18.2. The smallest absolute Gasteiger partial charge is 0.253 e. The van der Waals surface area contributed by atoms with E-state index in [-0.39, 0.29) is 17.7 Å². The Balaban J connectivity index is 2.09. The first-order chi connectivity index (χ1) is 12.1. The van der Waals surface area contributed by atoms with Crippen LogP contribution in [0.5, 0.6) is 11.5 Å². The molecule has 0 aliphatic rings. The van der Waals surface area contributed by atoms with Crippen LogP contribution in [0.3, 0.4) is 0 Å². The van der Waals surface area contributed by atoms with E-state index in [1.54, 1.807) is 50.6 Å². The Labute approximate surface area is 151 Å². The molecule has 6 nitrogen and oxygen atoms in total. The number of alkyl halides is 1. The summed E-state index contributed by atoms with van der Waals surface area (Å²) in [5, 5.41) is 5.42. The molecule has 0 unspecified atom stereocenters. The number of rotatable bonds is 7. The van der Waals surface area contributed by atoms with Gasteiger partial charge in [-0.15, -0.1) is 11.6 Å².